The Morgan fingerprint density at radius 1 is 1.36 bits per heavy atom. The SMILES string of the molecule is CCOC(=O)c1ncn2c(C)cc(-c3cccc(Cl)c3)nc12. The molecule has 22 heavy (non-hydrogen) atoms. The smallest absolute Gasteiger partial charge is 0.360 e. The van der Waals surface area contributed by atoms with Gasteiger partial charge in [0.25, 0.3) is 0 Å². The number of aromatic nitrogens is 3. The molecule has 0 amide bonds. The van der Waals surface area contributed by atoms with Crippen molar-refractivity contribution in [3.8, 4) is 11.3 Å². The van der Waals surface area contributed by atoms with Crippen LogP contribution in [-0.4, -0.2) is 26.9 Å². The number of benzene rings is 1. The lowest BCUT2D eigenvalue weighted by Gasteiger charge is -2.06. The molecule has 0 aliphatic rings. The lowest BCUT2D eigenvalue weighted by Crippen LogP contribution is -2.07. The molecule has 0 atom stereocenters. The van der Waals surface area contributed by atoms with Gasteiger partial charge in [-0.2, -0.15) is 0 Å². The van der Waals surface area contributed by atoms with E-state index in [1.807, 2.05) is 31.2 Å². The molecule has 0 bridgehead atoms. The third-order valence-corrected chi connectivity index (χ3v) is 3.52. The molecular weight excluding hydrogens is 302 g/mol. The van der Waals surface area contributed by atoms with Gasteiger partial charge in [0.1, 0.15) is 6.33 Å². The zero-order valence-corrected chi connectivity index (χ0v) is 13.0. The standard InChI is InChI=1S/C16H14ClN3O2/c1-3-22-16(21)14-15-19-13(7-10(2)20(15)9-18-14)11-5-4-6-12(17)8-11/h4-9H,3H2,1-2H3. The quantitative estimate of drug-likeness (QED) is 0.694. The minimum absolute atomic E-state index is 0.217. The monoisotopic (exact) mass is 315 g/mol. The molecule has 5 nitrogen and oxygen atoms in total. The van der Waals surface area contributed by atoms with Gasteiger partial charge in [0.15, 0.2) is 11.3 Å². The van der Waals surface area contributed by atoms with Gasteiger partial charge in [0, 0.05) is 16.3 Å². The van der Waals surface area contributed by atoms with Gasteiger partial charge < -0.3 is 4.74 Å². The predicted octanol–water partition coefficient (Wildman–Crippen LogP) is 3.53. The van der Waals surface area contributed by atoms with Crippen LogP contribution in [0, 0.1) is 6.92 Å². The first-order valence-corrected chi connectivity index (χ1v) is 7.25. The fourth-order valence-corrected chi connectivity index (χ4v) is 2.45. The number of ether oxygens (including phenoxy) is 1. The molecule has 0 aliphatic carbocycles. The van der Waals surface area contributed by atoms with Gasteiger partial charge in [-0.15, -0.1) is 0 Å². The maximum absolute atomic E-state index is 12.0. The summed E-state index contributed by atoms with van der Waals surface area (Å²) in [6, 6.07) is 9.35. The summed E-state index contributed by atoms with van der Waals surface area (Å²) in [5.41, 5.74) is 3.23. The number of nitrogens with zero attached hydrogens (tertiary/aromatic N) is 3. The summed E-state index contributed by atoms with van der Waals surface area (Å²) in [7, 11) is 0. The first-order valence-electron chi connectivity index (χ1n) is 6.88. The van der Waals surface area contributed by atoms with E-state index in [4.69, 9.17) is 16.3 Å². The van der Waals surface area contributed by atoms with Crippen molar-refractivity contribution in [2.45, 2.75) is 13.8 Å². The first kappa shape index (κ1) is 14.5. The van der Waals surface area contributed by atoms with Crippen molar-refractivity contribution >= 4 is 23.2 Å². The second-order valence-electron chi connectivity index (χ2n) is 4.80. The molecule has 0 N–H and O–H groups in total. The predicted molar refractivity (Wildman–Crippen MR) is 84.1 cm³/mol. The van der Waals surface area contributed by atoms with Gasteiger partial charge in [0.05, 0.1) is 12.3 Å². The molecule has 0 saturated heterocycles. The number of hydrogen-bond acceptors (Lipinski definition) is 4. The Morgan fingerprint density at radius 3 is 2.91 bits per heavy atom. The highest BCUT2D eigenvalue weighted by atomic mass is 35.5. The van der Waals surface area contributed by atoms with Crippen molar-refractivity contribution < 1.29 is 9.53 Å². The topological polar surface area (TPSA) is 56.5 Å². The van der Waals surface area contributed by atoms with Crippen molar-refractivity contribution in [2.24, 2.45) is 0 Å². The van der Waals surface area contributed by atoms with Gasteiger partial charge in [-0.3, -0.25) is 4.40 Å². The van der Waals surface area contributed by atoms with Gasteiger partial charge in [-0.05, 0) is 32.0 Å². The van der Waals surface area contributed by atoms with E-state index in [2.05, 4.69) is 9.97 Å². The Kier molecular flexibility index (Phi) is 3.81. The third-order valence-electron chi connectivity index (χ3n) is 3.28. The molecule has 2 aromatic heterocycles. The number of esters is 1. The average Bonchev–Trinajstić information content (AvgIpc) is 2.92. The molecule has 0 radical (unpaired) electrons. The van der Waals surface area contributed by atoms with Crippen LogP contribution in [0.5, 0.6) is 0 Å². The van der Waals surface area contributed by atoms with E-state index in [-0.39, 0.29) is 5.69 Å². The van der Waals surface area contributed by atoms with Gasteiger partial charge >= 0.3 is 5.97 Å². The number of carbonyl (C=O) groups excluding carboxylic acids is 1. The van der Waals surface area contributed by atoms with E-state index in [0.29, 0.717) is 17.3 Å². The zero-order valence-electron chi connectivity index (χ0n) is 12.2. The van der Waals surface area contributed by atoms with Gasteiger partial charge in [-0.25, -0.2) is 14.8 Å². The fraction of sp³-hybridized carbons (Fsp3) is 0.188. The number of fused-ring (bicyclic) bond motifs is 1. The Hall–Kier alpha value is -2.40. The van der Waals surface area contributed by atoms with Crippen LogP contribution in [0.1, 0.15) is 23.1 Å². The van der Waals surface area contributed by atoms with E-state index in [1.165, 1.54) is 0 Å². The summed E-state index contributed by atoms with van der Waals surface area (Å²) in [4.78, 5) is 20.7. The number of rotatable bonds is 3. The number of carbonyl (C=O) groups is 1. The van der Waals surface area contributed by atoms with E-state index in [1.54, 1.807) is 23.7 Å². The fourth-order valence-electron chi connectivity index (χ4n) is 2.26. The van der Waals surface area contributed by atoms with Crippen LogP contribution >= 0.6 is 11.6 Å². The van der Waals surface area contributed by atoms with Crippen LogP contribution in [-0.2, 0) is 4.74 Å². The van der Waals surface area contributed by atoms with Crippen molar-refractivity contribution in [3.05, 3.63) is 53.1 Å². The molecule has 0 aliphatic heterocycles. The highest BCUT2D eigenvalue weighted by molar-refractivity contribution is 6.30. The van der Waals surface area contributed by atoms with Crippen LogP contribution in [0.3, 0.4) is 0 Å². The van der Waals surface area contributed by atoms with Crippen LogP contribution in [0.4, 0.5) is 0 Å². The summed E-state index contributed by atoms with van der Waals surface area (Å²) < 4.78 is 6.79. The molecule has 3 rings (SSSR count). The highest BCUT2D eigenvalue weighted by Gasteiger charge is 2.17. The van der Waals surface area contributed by atoms with E-state index in [0.717, 1.165) is 17.0 Å². The van der Waals surface area contributed by atoms with Crippen LogP contribution in [0.2, 0.25) is 5.02 Å². The number of hydrogen-bond donors (Lipinski definition) is 0. The van der Waals surface area contributed by atoms with Gasteiger partial charge in [-0.1, -0.05) is 23.7 Å². The highest BCUT2D eigenvalue weighted by Crippen LogP contribution is 2.23. The largest absolute Gasteiger partial charge is 0.461 e. The van der Waals surface area contributed by atoms with Crippen molar-refractivity contribution in [1.29, 1.82) is 0 Å². The molecule has 0 saturated carbocycles. The maximum atomic E-state index is 12.0. The lowest BCUT2D eigenvalue weighted by atomic mass is 10.1. The maximum Gasteiger partial charge on any atom is 0.360 e. The molecule has 2 heterocycles. The summed E-state index contributed by atoms with van der Waals surface area (Å²) in [5.74, 6) is -0.472. The molecule has 1 aromatic carbocycles. The molecular formula is C16H14ClN3O2. The van der Waals surface area contributed by atoms with Crippen LogP contribution in [0.15, 0.2) is 36.7 Å². The van der Waals surface area contributed by atoms with Gasteiger partial charge in [0.2, 0.25) is 0 Å². The van der Waals surface area contributed by atoms with Crippen LogP contribution in [0.25, 0.3) is 16.9 Å². The minimum atomic E-state index is -0.472. The number of imidazole rings is 1. The number of halogens is 1. The third kappa shape index (κ3) is 2.55. The Balaban J connectivity index is 2.18. The first-order chi connectivity index (χ1) is 10.6. The molecule has 0 unspecified atom stereocenters. The summed E-state index contributed by atoms with van der Waals surface area (Å²) >= 11 is 6.04. The lowest BCUT2D eigenvalue weighted by molar-refractivity contribution is 0.0522. The molecule has 112 valence electrons. The summed E-state index contributed by atoms with van der Waals surface area (Å²) in [6.07, 6.45) is 1.58. The Morgan fingerprint density at radius 2 is 2.18 bits per heavy atom. The van der Waals surface area contributed by atoms with E-state index < -0.39 is 5.97 Å². The normalized spacial score (nSPS) is 10.9. The minimum Gasteiger partial charge on any atom is -0.461 e. The Bertz CT molecular complexity index is 858. The van der Waals surface area contributed by atoms with Crippen molar-refractivity contribution in [3.63, 3.8) is 0 Å². The molecule has 0 fully saturated rings. The Labute approximate surface area is 132 Å². The summed E-state index contributed by atoms with van der Waals surface area (Å²) in [6.45, 7) is 3.98. The van der Waals surface area contributed by atoms with E-state index in [9.17, 15) is 4.79 Å². The molecule has 6 heteroatoms. The van der Waals surface area contributed by atoms with Crippen molar-refractivity contribution in [1.82, 2.24) is 14.4 Å². The molecule has 3 aromatic rings. The van der Waals surface area contributed by atoms with Crippen molar-refractivity contribution in [2.75, 3.05) is 6.61 Å². The second-order valence-corrected chi connectivity index (χ2v) is 5.24. The second kappa shape index (κ2) is 5.77. The summed E-state index contributed by atoms with van der Waals surface area (Å²) in [5, 5.41) is 0.635. The van der Waals surface area contributed by atoms with Crippen LogP contribution < -0.4 is 0 Å². The molecule has 0 spiro atoms. The zero-order chi connectivity index (χ0) is 15.7. The average molecular weight is 316 g/mol. The number of aryl methyl sites for hydroxylation is 1. The van der Waals surface area contributed by atoms with E-state index >= 15 is 0 Å².